The summed E-state index contributed by atoms with van der Waals surface area (Å²) in [4.78, 5) is 11.7. The minimum absolute atomic E-state index is 0.128. The van der Waals surface area contributed by atoms with Crippen LogP contribution in [0.3, 0.4) is 0 Å². The minimum Gasteiger partial charge on any atom is -0.481 e. The molecule has 6 N–H and O–H groups in total. The first-order valence-electron chi connectivity index (χ1n) is 17.0. The summed E-state index contributed by atoms with van der Waals surface area (Å²) in [7, 11) is 0. The van der Waals surface area contributed by atoms with Gasteiger partial charge in [-0.25, -0.2) is 0 Å². The lowest BCUT2D eigenvalue weighted by Crippen LogP contribution is -2.58. The number of β-amino-alcohol motifs (C(OH)–C–C–N with tert-alkyl or cyclic N) is 1. The molecule has 5 rings (SSSR count). The first-order valence-corrected chi connectivity index (χ1v) is 17.0. The third kappa shape index (κ3) is 8.56. The highest BCUT2D eigenvalue weighted by Gasteiger charge is 2.38. The van der Waals surface area contributed by atoms with E-state index in [-0.39, 0.29) is 24.1 Å². The van der Waals surface area contributed by atoms with Crippen LogP contribution in [0.2, 0.25) is 0 Å². The lowest BCUT2D eigenvalue weighted by atomic mass is 9.67. The van der Waals surface area contributed by atoms with Gasteiger partial charge in [-0.05, 0) is 113 Å². The smallest absolute Gasteiger partial charge is 0.306 e. The SMILES string of the molecule is CC1NC(C2CCC3CCCCCC(O)(CC(=O)O)CNC4(C)CCNC(Cc5cccc(c5)CC3C2)C4)CCC1O. The van der Waals surface area contributed by atoms with Crippen LogP contribution < -0.4 is 16.0 Å². The highest BCUT2D eigenvalue weighted by atomic mass is 16.4. The van der Waals surface area contributed by atoms with E-state index in [1.165, 1.54) is 36.8 Å². The van der Waals surface area contributed by atoms with Gasteiger partial charge >= 0.3 is 5.97 Å². The molecule has 42 heavy (non-hydrogen) atoms. The second-order valence-electron chi connectivity index (χ2n) is 14.9. The number of rotatable bonds is 3. The van der Waals surface area contributed by atoms with Crippen molar-refractivity contribution in [1.29, 1.82) is 0 Å². The van der Waals surface area contributed by atoms with Crippen LogP contribution in [0.25, 0.3) is 0 Å². The quantitative estimate of drug-likeness (QED) is 0.309. The standard InChI is InChI=1S/C35H57N3O4/c1-24-32(39)13-12-31(38-24)28-11-10-27-9-4-3-5-14-35(42,22-33(40)41)23-37-34(2)15-16-36-30(21-34)19-26-8-6-7-25(17-26)18-29(27)20-28/h6-8,17,24,27-32,36-39,42H,3-5,9-16,18-23H2,1-2H3,(H,40,41). The van der Waals surface area contributed by atoms with E-state index < -0.39 is 11.6 Å². The summed E-state index contributed by atoms with van der Waals surface area (Å²) in [6.45, 7) is 5.61. The number of carboxylic acid groups (broad SMARTS) is 1. The van der Waals surface area contributed by atoms with Gasteiger partial charge in [0.05, 0.1) is 18.1 Å². The van der Waals surface area contributed by atoms with Crippen LogP contribution in [0.1, 0.15) is 108 Å². The molecule has 1 aromatic carbocycles. The molecule has 3 aliphatic heterocycles. The Kier molecular flexibility index (Phi) is 10.7. The molecule has 3 fully saturated rings. The van der Waals surface area contributed by atoms with Crippen molar-refractivity contribution in [3.8, 4) is 0 Å². The van der Waals surface area contributed by atoms with E-state index in [4.69, 9.17) is 0 Å². The van der Waals surface area contributed by atoms with Gasteiger partial charge in [0, 0.05) is 30.2 Å². The second-order valence-corrected chi connectivity index (χ2v) is 14.9. The summed E-state index contributed by atoms with van der Waals surface area (Å²) >= 11 is 0. The molecule has 4 bridgehead atoms. The highest BCUT2D eigenvalue weighted by Crippen LogP contribution is 2.42. The second kappa shape index (κ2) is 14.1. The van der Waals surface area contributed by atoms with Gasteiger partial charge in [-0.1, -0.05) is 49.9 Å². The molecule has 0 aromatic heterocycles. The van der Waals surface area contributed by atoms with Gasteiger partial charge in [-0.2, -0.15) is 0 Å². The van der Waals surface area contributed by atoms with Gasteiger partial charge in [-0.15, -0.1) is 0 Å². The number of hydrogen-bond donors (Lipinski definition) is 6. The number of aliphatic carboxylic acids is 1. The lowest BCUT2D eigenvalue weighted by Gasteiger charge is -2.43. The fraction of sp³-hybridized carbons (Fsp3) is 0.800. The Labute approximate surface area is 253 Å². The fourth-order valence-electron chi connectivity index (χ4n) is 8.84. The highest BCUT2D eigenvalue weighted by molar-refractivity contribution is 5.68. The summed E-state index contributed by atoms with van der Waals surface area (Å²) in [5.41, 5.74) is 1.52. The molecule has 9 atom stereocenters. The number of aliphatic hydroxyl groups is 2. The average Bonchev–Trinajstić information content (AvgIpc) is 2.94. The third-order valence-electron chi connectivity index (χ3n) is 11.4. The molecular weight excluding hydrogens is 526 g/mol. The van der Waals surface area contributed by atoms with Crippen molar-refractivity contribution < 1.29 is 20.1 Å². The predicted octanol–water partition coefficient (Wildman–Crippen LogP) is 4.58. The van der Waals surface area contributed by atoms with Gasteiger partial charge < -0.3 is 31.3 Å². The Morgan fingerprint density at radius 2 is 1.76 bits per heavy atom. The van der Waals surface area contributed by atoms with E-state index in [9.17, 15) is 20.1 Å². The summed E-state index contributed by atoms with van der Waals surface area (Å²) in [5, 5.41) is 42.4. The number of carbonyl (C=O) groups is 1. The molecule has 7 nitrogen and oxygen atoms in total. The molecule has 0 radical (unpaired) electrons. The summed E-state index contributed by atoms with van der Waals surface area (Å²) < 4.78 is 0. The number of hydrogen-bond acceptors (Lipinski definition) is 6. The summed E-state index contributed by atoms with van der Waals surface area (Å²) in [5.74, 6) is 1.11. The van der Waals surface area contributed by atoms with Crippen LogP contribution in [-0.4, -0.2) is 69.7 Å². The van der Waals surface area contributed by atoms with Crippen molar-refractivity contribution in [2.24, 2.45) is 17.8 Å². The van der Waals surface area contributed by atoms with Crippen LogP contribution in [0, 0.1) is 17.8 Å². The molecule has 1 saturated carbocycles. The van der Waals surface area contributed by atoms with Gasteiger partial charge in [0.25, 0.3) is 0 Å². The van der Waals surface area contributed by atoms with Crippen LogP contribution in [0.5, 0.6) is 0 Å². The van der Waals surface area contributed by atoms with Crippen molar-refractivity contribution in [2.75, 3.05) is 13.1 Å². The Bertz CT molecular complexity index is 1040. The number of nitrogens with one attached hydrogen (secondary N) is 3. The number of carboxylic acids is 1. The van der Waals surface area contributed by atoms with Crippen molar-refractivity contribution in [3.05, 3.63) is 35.4 Å². The normalized spacial score (nSPS) is 40.7. The van der Waals surface area contributed by atoms with Gasteiger partial charge in [0.1, 0.15) is 0 Å². The molecule has 9 unspecified atom stereocenters. The fourth-order valence-corrected chi connectivity index (χ4v) is 8.84. The molecule has 0 spiro atoms. The Hall–Kier alpha value is -1.51. The van der Waals surface area contributed by atoms with Crippen LogP contribution >= 0.6 is 0 Å². The van der Waals surface area contributed by atoms with Crippen molar-refractivity contribution in [1.82, 2.24) is 16.0 Å². The lowest BCUT2D eigenvalue weighted by molar-refractivity contribution is -0.143. The third-order valence-corrected chi connectivity index (χ3v) is 11.4. The van der Waals surface area contributed by atoms with E-state index in [1.54, 1.807) is 0 Å². The number of piperidine rings is 2. The Balaban J connectivity index is 1.33. The van der Waals surface area contributed by atoms with Crippen molar-refractivity contribution in [2.45, 2.75) is 146 Å². The largest absolute Gasteiger partial charge is 0.481 e. The number of fused-ring (bicyclic) bond motifs is 5. The number of benzene rings is 1. The van der Waals surface area contributed by atoms with Gasteiger partial charge in [0.15, 0.2) is 0 Å². The Morgan fingerprint density at radius 3 is 2.55 bits per heavy atom. The maximum atomic E-state index is 11.7. The van der Waals surface area contributed by atoms with E-state index in [0.717, 1.165) is 64.3 Å². The van der Waals surface area contributed by atoms with Gasteiger partial charge in [0.2, 0.25) is 0 Å². The predicted molar refractivity (Wildman–Crippen MR) is 168 cm³/mol. The topological polar surface area (TPSA) is 114 Å². The minimum atomic E-state index is -1.21. The molecule has 0 amide bonds. The molecule has 1 aromatic rings. The van der Waals surface area contributed by atoms with E-state index >= 15 is 0 Å². The zero-order valence-electron chi connectivity index (χ0n) is 26.1. The van der Waals surface area contributed by atoms with Gasteiger partial charge in [-0.3, -0.25) is 4.79 Å². The maximum Gasteiger partial charge on any atom is 0.306 e. The van der Waals surface area contributed by atoms with Crippen LogP contribution in [-0.2, 0) is 17.6 Å². The average molecular weight is 584 g/mol. The van der Waals surface area contributed by atoms with Crippen molar-refractivity contribution in [3.63, 3.8) is 0 Å². The monoisotopic (exact) mass is 583 g/mol. The number of aliphatic hydroxyl groups excluding tert-OH is 1. The molecule has 3 heterocycles. The van der Waals surface area contributed by atoms with E-state index in [1.807, 2.05) is 0 Å². The maximum absolute atomic E-state index is 11.7. The zero-order chi connectivity index (χ0) is 29.7. The molecular formula is C35H57N3O4. The zero-order valence-corrected chi connectivity index (χ0v) is 26.1. The molecule has 4 aliphatic rings. The van der Waals surface area contributed by atoms with Crippen LogP contribution in [0.4, 0.5) is 0 Å². The first kappa shape index (κ1) is 31.9. The van der Waals surface area contributed by atoms with E-state index in [2.05, 4.69) is 54.1 Å². The van der Waals surface area contributed by atoms with E-state index in [0.29, 0.717) is 42.8 Å². The van der Waals surface area contributed by atoms with Crippen molar-refractivity contribution >= 4 is 5.97 Å². The van der Waals surface area contributed by atoms with Crippen LogP contribution in [0.15, 0.2) is 24.3 Å². The molecule has 2 saturated heterocycles. The summed E-state index contributed by atoms with van der Waals surface area (Å²) in [6.07, 6.45) is 14.1. The molecule has 1 aliphatic carbocycles. The Morgan fingerprint density at radius 1 is 0.976 bits per heavy atom. The first-order chi connectivity index (χ1) is 20.1. The molecule has 7 heteroatoms. The summed E-state index contributed by atoms with van der Waals surface area (Å²) in [6, 6.07) is 10.3. The molecule has 236 valence electrons.